The van der Waals surface area contributed by atoms with Crippen molar-refractivity contribution in [2.75, 3.05) is 46.4 Å². The highest BCUT2D eigenvalue weighted by molar-refractivity contribution is 5.80. The molecule has 7 heteroatoms. The molecule has 2 fully saturated rings. The Morgan fingerprint density at radius 2 is 1.60 bits per heavy atom. The van der Waals surface area contributed by atoms with Crippen LogP contribution in [-0.2, 0) is 4.74 Å². The fourth-order valence-electron chi connectivity index (χ4n) is 4.51. The third-order valence-electron chi connectivity index (χ3n) is 7.35. The molecule has 0 aromatic heterocycles. The van der Waals surface area contributed by atoms with Gasteiger partial charge in [-0.1, -0.05) is 13.8 Å². The van der Waals surface area contributed by atoms with Crippen LogP contribution >= 0.6 is 0 Å². The van der Waals surface area contributed by atoms with Gasteiger partial charge in [-0.3, -0.25) is 4.99 Å². The number of benzene rings is 1. The SMILES string of the molecule is CN=C(NC1CCN(c2cc(OC)cc(OC)c2)CC1)NC1CC(C)(OC)C1(C)C. The molecule has 0 amide bonds. The van der Waals surface area contributed by atoms with Gasteiger partial charge in [0.15, 0.2) is 5.96 Å². The maximum atomic E-state index is 5.75. The second-order valence-corrected chi connectivity index (χ2v) is 9.11. The zero-order chi connectivity index (χ0) is 21.9. The molecule has 3 rings (SSSR count). The Hall–Kier alpha value is -2.15. The highest BCUT2D eigenvalue weighted by atomic mass is 16.5. The molecule has 7 nitrogen and oxygen atoms in total. The van der Waals surface area contributed by atoms with Crippen molar-refractivity contribution < 1.29 is 14.2 Å². The van der Waals surface area contributed by atoms with Crippen LogP contribution in [0.1, 0.15) is 40.0 Å². The molecule has 2 N–H and O–H groups in total. The maximum Gasteiger partial charge on any atom is 0.191 e. The van der Waals surface area contributed by atoms with Crippen molar-refractivity contribution in [1.29, 1.82) is 0 Å². The number of hydrogen-bond acceptors (Lipinski definition) is 5. The molecule has 2 aliphatic rings. The lowest BCUT2D eigenvalue weighted by atomic mass is 9.56. The lowest BCUT2D eigenvalue weighted by molar-refractivity contribution is -0.176. The minimum Gasteiger partial charge on any atom is -0.497 e. The largest absolute Gasteiger partial charge is 0.497 e. The van der Waals surface area contributed by atoms with Gasteiger partial charge < -0.3 is 29.7 Å². The van der Waals surface area contributed by atoms with E-state index in [0.717, 1.165) is 55.5 Å². The fraction of sp³-hybridized carbons (Fsp3) is 0.696. The van der Waals surface area contributed by atoms with Crippen LogP contribution in [0.25, 0.3) is 0 Å². The second kappa shape index (κ2) is 8.92. The van der Waals surface area contributed by atoms with Crippen molar-refractivity contribution in [3.05, 3.63) is 18.2 Å². The molecule has 0 radical (unpaired) electrons. The third kappa shape index (κ3) is 4.31. The summed E-state index contributed by atoms with van der Waals surface area (Å²) in [5.41, 5.74) is 1.10. The molecule has 1 saturated heterocycles. The molecule has 168 valence electrons. The Morgan fingerprint density at radius 1 is 1.00 bits per heavy atom. The van der Waals surface area contributed by atoms with Crippen LogP contribution in [-0.4, -0.2) is 65.1 Å². The first-order valence-electron chi connectivity index (χ1n) is 10.8. The van der Waals surface area contributed by atoms with Crippen LogP contribution < -0.4 is 25.0 Å². The van der Waals surface area contributed by atoms with Gasteiger partial charge in [0.2, 0.25) is 0 Å². The number of anilines is 1. The zero-order valence-electron chi connectivity index (χ0n) is 19.5. The summed E-state index contributed by atoms with van der Waals surface area (Å²) in [6.45, 7) is 8.64. The number of hydrogen-bond donors (Lipinski definition) is 2. The normalized spacial score (nSPS) is 26.7. The zero-order valence-corrected chi connectivity index (χ0v) is 19.5. The Balaban J connectivity index is 1.54. The molecule has 0 spiro atoms. The van der Waals surface area contributed by atoms with Gasteiger partial charge in [-0.2, -0.15) is 0 Å². The predicted octanol–water partition coefficient (Wildman–Crippen LogP) is 3.04. The van der Waals surface area contributed by atoms with Gasteiger partial charge in [0.1, 0.15) is 11.5 Å². The fourth-order valence-corrected chi connectivity index (χ4v) is 4.51. The lowest BCUT2D eigenvalue weighted by Crippen LogP contribution is -2.69. The van der Waals surface area contributed by atoms with E-state index < -0.39 is 0 Å². The standard InChI is InChI=1S/C23H38N4O3/c1-22(2)20(15-23(22,3)30-7)26-21(24-4)25-16-8-10-27(11-9-16)17-12-18(28-5)14-19(13-17)29-6/h12-14,16,20H,8-11,15H2,1-7H3,(H2,24,25,26). The summed E-state index contributed by atoms with van der Waals surface area (Å²) < 4.78 is 16.6. The first-order chi connectivity index (χ1) is 14.3. The van der Waals surface area contributed by atoms with Crippen LogP contribution in [0.4, 0.5) is 5.69 Å². The second-order valence-electron chi connectivity index (χ2n) is 9.11. The predicted molar refractivity (Wildman–Crippen MR) is 122 cm³/mol. The first-order valence-corrected chi connectivity index (χ1v) is 10.8. The number of piperidine rings is 1. The number of rotatable bonds is 6. The van der Waals surface area contributed by atoms with Crippen LogP contribution in [0, 0.1) is 5.41 Å². The van der Waals surface area contributed by atoms with Gasteiger partial charge in [-0.05, 0) is 26.2 Å². The monoisotopic (exact) mass is 418 g/mol. The Kier molecular flexibility index (Phi) is 6.70. The van der Waals surface area contributed by atoms with Crippen molar-refractivity contribution in [3.63, 3.8) is 0 Å². The molecule has 1 heterocycles. The molecule has 1 aromatic carbocycles. The van der Waals surface area contributed by atoms with Gasteiger partial charge in [0.25, 0.3) is 0 Å². The lowest BCUT2D eigenvalue weighted by Gasteiger charge is -2.59. The third-order valence-corrected chi connectivity index (χ3v) is 7.35. The van der Waals surface area contributed by atoms with E-state index in [2.05, 4.69) is 53.4 Å². The summed E-state index contributed by atoms with van der Waals surface area (Å²) in [6, 6.07) is 6.80. The highest BCUT2D eigenvalue weighted by Crippen LogP contribution is 2.51. The summed E-state index contributed by atoms with van der Waals surface area (Å²) >= 11 is 0. The van der Waals surface area contributed by atoms with Crippen LogP contribution in [0.2, 0.25) is 0 Å². The molecule has 1 saturated carbocycles. The van der Waals surface area contributed by atoms with E-state index in [9.17, 15) is 0 Å². The van der Waals surface area contributed by atoms with Gasteiger partial charge in [0.05, 0.1) is 19.8 Å². The van der Waals surface area contributed by atoms with Gasteiger partial charge in [-0.15, -0.1) is 0 Å². The number of methoxy groups -OCH3 is 3. The molecule has 30 heavy (non-hydrogen) atoms. The summed E-state index contributed by atoms with van der Waals surface area (Å²) in [5.74, 6) is 2.52. The molecular weight excluding hydrogens is 380 g/mol. The molecule has 0 bridgehead atoms. The van der Waals surface area contributed by atoms with Crippen LogP contribution in [0.5, 0.6) is 11.5 Å². The Labute approximate surface area is 181 Å². The van der Waals surface area contributed by atoms with Crippen molar-refractivity contribution in [1.82, 2.24) is 10.6 Å². The molecular formula is C23H38N4O3. The minimum atomic E-state index is -0.0906. The Bertz CT molecular complexity index is 737. The number of nitrogens with zero attached hydrogens (tertiary/aromatic N) is 2. The number of aliphatic imine (C=N–C) groups is 1. The van der Waals surface area contributed by atoms with Crippen LogP contribution in [0.3, 0.4) is 0 Å². The molecule has 2 atom stereocenters. The Morgan fingerprint density at radius 3 is 2.07 bits per heavy atom. The maximum absolute atomic E-state index is 5.75. The quantitative estimate of drug-likeness (QED) is 0.547. The average molecular weight is 419 g/mol. The van der Waals surface area contributed by atoms with E-state index in [4.69, 9.17) is 14.2 Å². The summed E-state index contributed by atoms with van der Waals surface area (Å²) in [6.07, 6.45) is 3.07. The molecule has 2 unspecified atom stereocenters. The summed E-state index contributed by atoms with van der Waals surface area (Å²) in [4.78, 5) is 6.86. The minimum absolute atomic E-state index is 0.0498. The van der Waals surface area contributed by atoms with E-state index in [0.29, 0.717) is 12.1 Å². The van der Waals surface area contributed by atoms with Crippen molar-refractivity contribution in [2.24, 2.45) is 10.4 Å². The molecule has 1 aliphatic heterocycles. The van der Waals surface area contributed by atoms with E-state index in [-0.39, 0.29) is 11.0 Å². The first kappa shape index (κ1) is 22.5. The smallest absolute Gasteiger partial charge is 0.191 e. The topological polar surface area (TPSA) is 67.4 Å². The van der Waals surface area contributed by atoms with Crippen molar-refractivity contribution in [2.45, 2.75) is 57.7 Å². The molecule has 1 aliphatic carbocycles. The van der Waals surface area contributed by atoms with Gasteiger partial charge in [-0.25, -0.2) is 0 Å². The van der Waals surface area contributed by atoms with Gasteiger partial charge in [0, 0.05) is 68.6 Å². The van der Waals surface area contributed by atoms with Gasteiger partial charge >= 0.3 is 0 Å². The summed E-state index contributed by atoms with van der Waals surface area (Å²) in [7, 11) is 7.02. The van der Waals surface area contributed by atoms with E-state index in [1.807, 2.05) is 13.1 Å². The van der Waals surface area contributed by atoms with E-state index >= 15 is 0 Å². The number of guanidine groups is 1. The molecule has 1 aromatic rings. The van der Waals surface area contributed by atoms with E-state index in [1.165, 1.54) is 0 Å². The number of ether oxygens (including phenoxy) is 3. The number of nitrogens with one attached hydrogen (secondary N) is 2. The highest BCUT2D eigenvalue weighted by Gasteiger charge is 2.58. The van der Waals surface area contributed by atoms with Crippen molar-refractivity contribution >= 4 is 11.6 Å². The average Bonchev–Trinajstić information content (AvgIpc) is 2.77. The van der Waals surface area contributed by atoms with Crippen LogP contribution in [0.15, 0.2) is 23.2 Å². The van der Waals surface area contributed by atoms with Crippen molar-refractivity contribution in [3.8, 4) is 11.5 Å². The van der Waals surface area contributed by atoms with E-state index in [1.54, 1.807) is 21.3 Å². The summed E-state index contributed by atoms with van der Waals surface area (Å²) in [5, 5.41) is 7.24.